The van der Waals surface area contributed by atoms with Crippen molar-refractivity contribution in [2.45, 2.75) is 32.8 Å². The normalized spacial score (nSPS) is 11.5. The minimum atomic E-state index is -0.571. The SMILES string of the molecule is CCOc1ccccc1CCCNC(=O)[C@H](C)Oc1cccc(OC)c1. The van der Waals surface area contributed by atoms with Crippen molar-refractivity contribution in [2.24, 2.45) is 0 Å². The molecule has 0 radical (unpaired) electrons. The molecule has 0 saturated carbocycles. The highest BCUT2D eigenvalue weighted by Gasteiger charge is 2.14. The van der Waals surface area contributed by atoms with E-state index >= 15 is 0 Å². The average Bonchev–Trinajstić information content (AvgIpc) is 2.66. The van der Waals surface area contributed by atoms with E-state index in [4.69, 9.17) is 14.2 Å². The van der Waals surface area contributed by atoms with Gasteiger partial charge in [0.25, 0.3) is 5.91 Å². The lowest BCUT2D eigenvalue weighted by molar-refractivity contribution is -0.127. The van der Waals surface area contributed by atoms with Gasteiger partial charge in [-0.05, 0) is 50.5 Å². The van der Waals surface area contributed by atoms with Crippen molar-refractivity contribution < 1.29 is 19.0 Å². The van der Waals surface area contributed by atoms with Crippen LogP contribution in [0.5, 0.6) is 17.2 Å². The number of hydrogen-bond donors (Lipinski definition) is 1. The highest BCUT2D eigenvalue weighted by Crippen LogP contribution is 2.20. The molecule has 0 aliphatic carbocycles. The van der Waals surface area contributed by atoms with Gasteiger partial charge in [-0.25, -0.2) is 0 Å². The molecule has 1 amide bonds. The Hall–Kier alpha value is -2.69. The van der Waals surface area contributed by atoms with Crippen LogP contribution in [-0.4, -0.2) is 32.3 Å². The number of para-hydroxylation sites is 1. The molecule has 0 heterocycles. The maximum atomic E-state index is 12.2. The summed E-state index contributed by atoms with van der Waals surface area (Å²) in [4.78, 5) is 12.2. The van der Waals surface area contributed by atoms with Crippen LogP contribution in [0.2, 0.25) is 0 Å². The topological polar surface area (TPSA) is 56.8 Å². The number of hydrogen-bond acceptors (Lipinski definition) is 4. The van der Waals surface area contributed by atoms with Crippen LogP contribution in [-0.2, 0) is 11.2 Å². The van der Waals surface area contributed by atoms with Gasteiger partial charge in [0.1, 0.15) is 17.2 Å². The quantitative estimate of drug-likeness (QED) is 0.660. The van der Waals surface area contributed by atoms with Gasteiger partial charge in [-0.2, -0.15) is 0 Å². The second-order valence-corrected chi connectivity index (χ2v) is 5.87. The highest BCUT2D eigenvalue weighted by atomic mass is 16.5. The second-order valence-electron chi connectivity index (χ2n) is 5.87. The molecular weight excluding hydrogens is 330 g/mol. The third-order valence-corrected chi connectivity index (χ3v) is 3.92. The Morgan fingerprint density at radius 1 is 1.12 bits per heavy atom. The van der Waals surface area contributed by atoms with Crippen LogP contribution < -0.4 is 19.5 Å². The van der Waals surface area contributed by atoms with E-state index in [0.717, 1.165) is 24.2 Å². The minimum Gasteiger partial charge on any atom is -0.497 e. The molecule has 1 atom stereocenters. The zero-order valence-electron chi connectivity index (χ0n) is 15.7. The number of rotatable bonds is 10. The standard InChI is InChI=1S/C21H27NO4/c1-4-25-20-13-6-5-9-17(20)10-8-14-22-21(23)16(2)26-19-12-7-11-18(15-19)24-3/h5-7,9,11-13,15-16H,4,8,10,14H2,1-3H3,(H,22,23)/t16-/m0/s1. The summed E-state index contributed by atoms with van der Waals surface area (Å²) in [6.45, 7) is 4.94. The van der Waals surface area contributed by atoms with E-state index in [1.165, 1.54) is 0 Å². The van der Waals surface area contributed by atoms with Crippen LogP contribution in [0.1, 0.15) is 25.8 Å². The number of benzene rings is 2. The van der Waals surface area contributed by atoms with E-state index in [9.17, 15) is 4.79 Å². The molecule has 2 aromatic rings. The molecule has 140 valence electrons. The van der Waals surface area contributed by atoms with Crippen LogP contribution in [0.25, 0.3) is 0 Å². The number of aryl methyl sites for hydroxylation is 1. The average molecular weight is 357 g/mol. The molecule has 0 bridgehead atoms. The number of ether oxygens (including phenoxy) is 3. The molecule has 2 aromatic carbocycles. The highest BCUT2D eigenvalue weighted by molar-refractivity contribution is 5.80. The monoisotopic (exact) mass is 357 g/mol. The Morgan fingerprint density at radius 3 is 2.65 bits per heavy atom. The van der Waals surface area contributed by atoms with Crippen LogP contribution in [0.4, 0.5) is 0 Å². The molecular formula is C21H27NO4. The van der Waals surface area contributed by atoms with Gasteiger partial charge < -0.3 is 19.5 Å². The minimum absolute atomic E-state index is 0.133. The fourth-order valence-corrected chi connectivity index (χ4v) is 2.57. The first kappa shape index (κ1) is 19.6. The summed E-state index contributed by atoms with van der Waals surface area (Å²) in [6, 6.07) is 15.2. The predicted octanol–water partition coefficient (Wildman–Crippen LogP) is 3.61. The second kappa shape index (κ2) is 10.3. The van der Waals surface area contributed by atoms with E-state index in [1.807, 2.05) is 37.3 Å². The van der Waals surface area contributed by atoms with Gasteiger partial charge in [-0.1, -0.05) is 24.3 Å². The van der Waals surface area contributed by atoms with Crippen LogP contribution in [0.3, 0.4) is 0 Å². The molecule has 0 fully saturated rings. The zero-order valence-corrected chi connectivity index (χ0v) is 15.7. The number of carbonyl (C=O) groups excluding carboxylic acids is 1. The van der Waals surface area contributed by atoms with E-state index in [2.05, 4.69) is 11.4 Å². The van der Waals surface area contributed by atoms with Crippen molar-refractivity contribution in [1.29, 1.82) is 0 Å². The van der Waals surface area contributed by atoms with Crippen molar-refractivity contribution in [1.82, 2.24) is 5.32 Å². The summed E-state index contributed by atoms with van der Waals surface area (Å²) in [5.41, 5.74) is 1.16. The summed E-state index contributed by atoms with van der Waals surface area (Å²) in [5.74, 6) is 2.09. The van der Waals surface area contributed by atoms with Crippen molar-refractivity contribution in [3.8, 4) is 17.2 Å². The summed E-state index contributed by atoms with van der Waals surface area (Å²) in [5, 5.41) is 2.92. The van der Waals surface area contributed by atoms with Gasteiger partial charge in [0.15, 0.2) is 6.10 Å². The summed E-state index contributed by atoms with van der Waals surface area (Å²) in [7, 11) is 1.60. The smallest absolute Gasteiger partial charge is 0.260 e. The van der Waals surface area contributed by atoms with Crippen molar-refractivity contribution in [2.75, 3.05) is 20.3 Å². The van der Waals surface area contributed by atoms with Crippen LogP contribution >= 0.6 is 0 Å². The fraction of sp³-hybridized carbons (Fsp3) is 0.381. The maximum absolute atomic E-state index is 12.2. The van der Waals surface area contributed by atoms with E-state index in [0.29, 0.717) is 24.7 Å². The Balaban J connectivity index is 1.76. The predicted molar refractivity (Wildman–Crippen MR) is 102 cm³/mol. The Labute approximate surface area is 155 Å². The third-order valence-electron chi connectivity index (χ3n) is 3.92. The molecule has 26 heavy (non-hydrogen) atoms. The molecule has 1 N–H and O–H groups in total. The molecule has 0 saturated heterocycles. The number of carbonyl (C=O) groups is 1. The Morgan fingerprint density at radius 2 is 1.88 bits per heavy atom. The number of amides is 1. The lowest BCUT2D eigenvalue weighted by Gasteiger charge is -2.15. The molecule has 2 rings (SSSR count). The maximum Gasteiger partial charge on any atom is 0.260 e. The molecule has 5 nitrogen and oxygen atoms in total. The first-order chi connectivity index (χ1) is 12.6. The van der Waals surface area contributed by atoms with Crippen LogP contribution in [0, 0.1) is 0 Å². The van der Waals surface area contributed by atoms with Crippen molar-refractivity contribution >= 4 is 5.91 Å². The van der Waals surface area contributed by atoms with Gasteiger partial charge in [-0.15, -0.1) is 0 Å². The van der Waals surface area contributed by atoms with E-state index in [-0.39, 0.29) is 5.91 Å². The third kappa shape index (κ3) is 5.99. The van der Waals surface area contributed by atoms with Crippen molar-refractivity contribution in [3.05, 3.63) is 54.1 Å². The molecule has 5 heteroatoms. The summed E-state index contributed by atoms with van der Waals surface area (Å²) in [6.07, 6.45) is 1.11. The lowest BCUT2D eigenvalue weighted by Crippen LogP contribution is -2.36. The molecule has 0 aliphatic heterocycles. The van der Waals surface area contributed by atoms with Crippen molar-refractivity contribution in [3.63, 3.8) is 0 Å². The largest absolute Gasteiger partial charge is 0.497 e. The van der Waals surface area contributed by atoms with E-state index in [1.54, 1.807) is 26.2 Å². The van der Waals surface area contributed by atoms with Gasteiger partial charge in [-0.3, -0.25) is 4.79 Å². The number of methoxy groups -OCH3 is 1. The zero-order chi connectivity index (χ0) is 18.8. The molecule has 0 spiro atoms. The van der Waals surface area contributed by atoms with Gasteiger partial charge in [0.05, 0.1) is 13.7 Å². The van der Waals surface area contributed by atoms with Gasteiger partial charge in [0, 0.05) is 12.6 Å². The molecule has 0 aromatic heterocycles. The molecule has 0 unspecified atom stereocenters. The Bertz CT molecular complexity index is 702. The number of nitrogens with one attached hydrogen (secondary N) is 1. The first-order valence-corrected chi connectivity index (χ1v) is 8.93. The fourth-order valence-electron chi connectivity index (χ4n) is 2.57. The van der Waals surface area contributed by atoms with Crippen LogP contribution in [0.15, 0.2) is 48.5 Å². The van der Waals surface area contributed by atoms with E-state index < -0.39 is 6.10 Å². The molecule has 0 aliphatic rings. The lowest BCUT2D eigenvalue weighted by atomic mass is 10.1. The van der Waals surface area contributed by atoms with Gasteiger partial charge >= 0.3 is 0 Å². The summed E-state index contributed by atoms with van der Waals surface area (Å²) >= 11 is 0. The van der Waals surface area contributed by atoms with Gasteiger partial charge in [0.2, 0.25) is 0 Å². The summed E-state index contributed by atoms with van der Waals surface area (Å²) < 4.78 is 16.4. The Kier molecular flexibility index (Phi) is 7.80. The first-order valence-electron chi connectivity index (χ1n) is 8.93.